The Morgan fingerprint density at radius 2 is 1.37 bits per heavy atom. The lowest BCUT2D eigenvalue weighted by Gasteiger charge is -2.19. The molecule has 27 heavy (non-hydrogen) atoms. The first-order chi connectivity index (χ1) is 13.2. The summed E-state index contributed by atoms with van der Waals surface area (Å²) in [7, 11) is 0. The molecule has 1 unspecified atom stereocenters. The number of hydrogen-bond donors (Lipinski definition) is 2. The molecule has 138 valence electrons. The summed E-state index contributed by atoms with van der Waals surface area (Å²) in [6, 6.07) is 29.8. The molecule has 0 amide bonds. The van der Waals surface area contributed by atoms with Gasteiger partial charge < -0.3 is 10.4 Å². The molecule has 3 heteroatoms. The highest BCUT2D eigenvalue weighted by Gasteiger charge is 2.14. The second-order valence-electron chi connectivity index (χ2n) is 6.72. The van der Waals surface area contributed by atoms with E-state index >= 15 is 0 Å². The summed E-state index contributed by atoms with van der Waals surface area (Å²) in [5, 5.41) is 11.9. The van der Waals surface area contributed by atoms with Crippen molar-refractivity contribution >= 4 is 5.97 Å². The van der Waals surface area contributed by atoms with Gasteiger partial charge in [-0.2, -0.15) is 0 Å². The smallest absolute Gasteiger partial charge is 0.304 e. The average molecular weight is 359 g/mol. The quantitative estimate of drug-likeness (QED) is 0.548. The van der Waals surface area contributed by atoms with Crippen molar-refractivity contribution in [3.63, 3.8) is 0 Å². The summed E-state index contributed by atoms with van der Waals surface area (Å²) in [5.74, 6) is -0.466. The third-order valence-corrected chi connectivity index (χ3v) is 4.71. The van der Waals surface area contributed by atoms with E-state index in [1.54, 1.807) is 0 Å². The van der Waals surface area contributed by atoms with E-state index in [9.17, 15) is 4.79 Å². The van der Waals surface area contributed by atoms with Crippen molar-refractivity contribution in [2.24, 2.45) is 0 Å². The van der Waals surface area contributed by atoms with Crippen molar-refractivity contribution in [2.45, 2.75) is 25.3 Å². The molecule has 0 saturated heterocycles. The minimum Gasteiger partial charge on any atom is -0.481 e. The molecule has 3 aromatic rings. The Balaban J connectivity index is 1.73. The lowest BCUT2D eigenvalue weighted by molar-refractivity contribution is -0.136. The van der Waals surface area contributed by atoms with Crippen LogP contribution < -0.4 is 5.32 Å². The van der Waals surface area contributed by atoms with Gasteiger partial charge >= 0.3 is 5.97 Å². The van der Waals surface area contributed by atoms with E-state index in [4.69, 9.17) is 5.11 Å². The highest BCUT2D eigenvalue weighted by atomic mass is 16.4. The van der Waals surface area contributed by atoms with Crippen molar-refractivity contribution in [2.75, 3.05) is 6.54 Å². The number of aliphatic carboxylic acids is 1. The molecule has 0 aliphatic rings. The van der Waals surface area contributed by atoms with E-state index in [0.29, 0.717) is 19.0 Å². The zero-order chi connectivity index (χ0) is 18.9. The van der Waals surface area contributed by atoms with Gasteiger partial charge in [-0.1, -0.05) is 84.9 Å². The fraction of sp³-hybridized carbons (Fsp3) is 0.208. The maximum atomic E-state index is 10.6. The molecule has 0 spiro atoms. The standard InChI is InChI=1S/C24H25NO2/c26-24(27)15-16-25-18-20-11-13-22(14-12-20)23(21-9-5-2-6-10-21)17-19-7-3-1-4-8-19/h1-14,23,25H,15-18H2,(H,26,27). The summed E-state index contributed by atoms with van der Waals surface area (Å²) in [5.41, 5.74) is 5.09. The first-order valence-electron chi connectivity index (χ1n) is 9.32. The molecule has 0 heterocycles. The molecule has 0 aliphatic heterocycles. The predicted octanol–water partition coefficient (Wildman–Crippen LogP) is 4.63. The van der Waals surface area contributed by atoms with Gasteiger partial charge in [0.2, 0.25) is 0 Å². The lowest BCUT2D eigenvalue weighted by Crippen LogP contribution is -2.17. The van der Waals surface area contributed by atoms with Crippen LogP contribution in [0.1, 0.15) is 34.6 Å². The minimum atomic E-state index is -0.774. The van der Waals surface area contributed by atoms with Crippen LogP contribution in [0.2, 0.25) is 0 Å². The van der Waals surface area contributed by atoms with Gasteiger partial charge in [-0.15, -0.1) is 0 Å². The first-order valence-corrected chi connectivity index (χ1v) is 9.32. The number of carbonyl (C=O) groups is 1. The second kappa shape index (κ2) is 9.70. The van der Waals surface area contributed by atoms with Gasteiger partial charge in [0.25, 0.3) is 0 Å². The molecule has 3 nitrogen and oxygen atoms in total. The van der Waals surface area contributed by atoms with E-state index < -0.39 is 5.97 Å². The van der Waals surface area contributed by atoms with Crippen LogP contribution in [0.15, 0.2) is 84.9 Å². The zero-order valence-electron chi connectivity index (χ0n) is 15.3. The Morgan fingerprint density at radius 1 is 0.778 bits per heavy atom. The highest BCUT2D eigenvalue weighted by Crippen LogP contribution is 2.28. The van der Waals surface area contributed by atoms with Crippen molar-refractivity contribution in [3.8, 4) is 0 Å². The van der Waals surface area contributed by atoms with Gasteiger partial charge in [-0.05, 0) is 28.7 Å². The summed E-state index contributed by atoms with van der Waals surface area (Å²) in [4.78, 5) is 10.6. The highest BCUT2D eigenvalue weighted by molar-refractivity contribution is 5.66. The van der Waals surface area contributed by atoms with Crippen LogP contribution >= 0.6 is 0 Å². The van der Waals surface area contributed by atoms with E-state index in [2.05, 4.69) is 84.2 Å². The van der Waals surface area contributed by atoms with Crippen molar-refractivity contribution in [1.29, 1.82) is 0 Å². The lowest BCUT2D eigenvalue weighted by atomic mass is 9.85. The summed E-state index contributed by atoms with van der Waals surface area (Å²) in [6.45, 7) is 1.17. The predicted molar refractivity (Wildman–Crippen MR) is 109 cm³/mol. The van der Waals surface area contributed by atoms with Gasteiger partial charge in [0.1, 0.15) is 0 Å². The van der Waals surface area contributed by atoms with Crippen LogP contribution in [-0.4, -0.2) is 17.6 Å². The number of benzene rings is 3. The maximum Gasteiger partial charge on any atom is 0.304 e. The largest absolute Gasteiger partial charge is 0.481 e. The second-order valence-corrected chi connectivity index (χ2v) is 6.72. The van der Waals surface area contributed by atoms with Crippen molar-refractivity contribution in [1.82, 2.24) is 5.32 Å². The van der Waals surface area contributed by atoms with E-state index in [1.165, 1.54) is 16.7 Å². The Morgan fingerprint density at radius 3 is 2.00 bits per heavy atom. The zero-order valence-corrected chi connectivity index (χ0v) is 15.3. The molecular weight excluding hydrogens is 334 g/mol. The summed E-state index contributed by atoms with van der Waals surface area (Å²) in [6.07, 6.45) is 1.10. The number of rotatable bonds is 9. The van der Waals surface area contributed by atoms with Gasteiger partial charge in [-0.25, -0.2) is 0 Å². The van der Waals surface area contributed by atoms with Crippen molar-refractivity contribution in [3.05, 3.63) is 107 Å². The topological polar surface area (TPSA) is 49.3 Å². The SMILES string of the molecule is O=C(O)CCNCc1ccc(C(Cc2ccccc2)c2ccccc2)cc1. The third kappa shape index (κ3) is 5.80. The molecule has 0 fully saturated rings. The molecule has 0 radical (unpaired) electrons. The van der Waals surface area contributed by atoms with Crippen LogP contribution in [0.5, 0.6) is 0 Å². The van der Waals surface area contributed by atoms with Gasteiger partial charge in [-0.3, -0.25) is 4.79 Å². The van der Waals surface area contributed by atoms with Crippen LogP contribution in [0.3, 0.4) is 0 Å². The number of nitrogens with one attached hydrogen (secondary N) is 1. The first kappa shape index (κ1) is 18.9. The Hall–Kier alpha value is -2.91. The van der Waals surface area contributed by atoms with Crippen LogP contribution in [-0.2, 0) is 17.8 Å². The number of carboxylic acid groups (broad SMARTS) is 1. The molecule has 0 aliphatic carbocycles. The maximum absolute atomic E-state index is 10.6. The molecule has 3 aromatic carbocycles. The molecule has 0 saturated carbocycles. The van der Waals surface area contributed by atoms with Crippen molar-refractivity contribution < 1.29 is 9.90 Å². The molecule has 1 atom stereocenters. The molecule has 0 bridgehead atoms. The van der Waals surface area contributed by atoms with Gasteiger partial charge in [0, 0.05) is 19.0 Å². The van der Waals surface area contributed by atoms with Gasteiger partial charge in [0.05, 0.1) is 6.42 Å². The summed E-state index contributed by atoms with van der Waals surface area (Å²) >= 11 is 0. The molecule has 3 rings (SSSR count). The summed E-state index contributed by atoms with van der Waals surface area (Å²) < 4.78 is 0. The van der Waals surface area contributed by atoms with E-state index in [1.807, 2.05) is 6.07 Å². The number of carboxylic acids is 1. The monoisotopic (exact) mass is 359 g/mol. The van der Waals surface area contributed by atoms with Gasteiger partial charge in [0.15, 0.2) is 0 Å². The van der Waals surface area contributed by atoms with Crippen LogP contribution in [0.25, 0.3) is 0 Å². The Kier molecular flexibility index (Phi) is 6.78. The average Bonchev–Trinajstić information content (AvgIpc) is 2.71. The third-order valence-electron chi connectivity index (χ3n) is 4.71. The molecule has 2 N–H and O–H groups in total. The fourth-order valence-electron chi connectivity index (χ4n) is 3.26. The van der Waals surface area contributed by atoms with E-state index in [-0.39, 0.29) is 6.42 Å². The van der Waals surface area contributed by atoms with Crippen LogP contribution in [0, 0.1) is 0 Å². The van der Waals surface area contributed by atoms with Crippen LogP contribution in [0.4, 0.5) is 0 Å². The molecule has 0 aromatic heterocycles. The fourth-order valence-corrected chi connectivity index (χ4v) is 3.26. The Bertz CT molecular complexity index is 829. The number of hydrogen-bond acceptors (Lipinski definition) is 2. The normalized spacial score (nSPS) is 11.9. The minimum absolute atomic E-state index is 0.144. The van der Waals surface area contributed by atoms with E-state index in [0.717, 1.165) is 12.0 Å². The Labute approximate surface area is 160 Å². The molecular formula is C24H25NO2.